The molecule has 1 aliphatic rings. The Labute approximate surface area is 153 Å². The van der Waals surface area contributed by atoms with Gasteiger partial charge in [0.25, 0.3) is 0 Å². The van der Waals surface area contributed by atoms with Gasteiger partial charge in [0.15, 0.2) is 6.04 Å². The fraction of sp³-hybridized carbons (Fsp3) is 0.647. The lowest BCUT2D eigenvalue weighted by molar-refractivity contribution is -0.167. The number of rotatable bonds is 5. The first kappa shape index (κ1) is 21.5. The lowest BCUT2D eigenvalue weighted by Gasteiger charge is -2.33. The Bertz CT molecular complexity index is 635. The molecule has 0 aromatic rings. The summed E-state index contributed by atoms with van der Waals surface area (Å²) in [6.45, 7) is 11.2. The minimum atomic E-state index is -1.40. The van der Waals surface area contributed by atoms with Gasteiger partial charge in [0.05, 0.1) is 13.2 Å². The van der Waals surface area contributed by atoms with Gasteiger partial charge in [-0.15, -0.1) is 0 Å². The third kappa shape index (κ3) is 4.53. The molecule has 0 bridgehead atoms. The Balaban J connectivity index is 3.68. The van der Waals surface area contributed by atoms with Crippen molar-refractivity contribution in [2.24, 2.45) is 0 Å². The first-order valence-corrected chi connectivity index (χ1v) is 8.42. The van der Waals surface area contributed by atoms with Gasteiger partial charge in [-0.05, 0) is 34.6 Å². The molecule has 1 aliphatic heterocycles. The third-order valence-corrected chi connectivity index (χ3v) is 3.32. The van der Waals surface area contributed by atoms with E-state index < -0.39 is 35.3 Å². The van der Waals surface area contributed by atoms with Crippen LogP contribution in [0.5, 0.6) is 0 Å². The summed E-state index contributed by atoms with van der Waals surface area (Å²) in [6, 6.07) is -1.40. The highest BCUT2D eigenvalue weighted by atomic mass is 16.5. The Kier molecular flexibility index (Phi) is 6.77. The molecule has 9 heteroatoms. The van der Waals surface area contributed by atoms with Crippen molar-refractivity contribution in [3.63, 3.8) is 0 Å². The molecule has 0 saturated heterocycles. The largest absolute Gasteiger partial charge is 0.464 e. The van der Waals surface area contributed by atoms with E-state index in [2.05, 4.69) is 5.32 Å². The molecule has 0 aromatic carbocycles. The van der Waals surface area contributed by atoms with Crippen LogP contribution < -0.4 is 5.32 Å². The number of hydrogen-bond acceptors (Lipinski definition) is 7. The molecule has 0 saturated carbocycles. The van der Waals surface area contributed by atoms with E-state index in [4.69, 9.17) is 9.47 Å². The van der Waals surface area contributed by atoms with E-state index in [9.17, 15) is 19.2 Å². The zero-order chi connectivity index (χ0) is 20.2. The van der Waals surface area contributed by atoms with Crippen molar-refractivity contribution in [2.45, 2.75) is 60.0 Å². The van der Waals surface area contributed by atoms with Gasteiger partial charge >= 0.3 is 11.9 Å². The second-order valence-electron chi connectivity index (χ2n) is 6.71. The maximum Gasteiger partial charge on any atom is 0.340 e. The third-order valence-electron chi connectivity index (χ3n) is 3.32. The van der Waals surface area contributed by atoms with Crippen LogP contribution in [0.3, 0.4) is 0 Å². The molecule has 146 valence electrons. The molecule has 0 spiro atoms. The molecule has 1 rings (SSSR count). The van der Waals surface area contributed by atoms with E-state index in [1.165, 1.54) is 13.8 Å². The number of hydrogen-bond donors (Lipinski definition) is 1. The molecule has 0 aromatic heterocycles. The summed E-state index contributed by atoms with van der Waals surface area (Å²) in [6.07, 6.45) is 0. The van der Waals surface area contributed by atoms with Crippen molar-refractivity contribution in [2.75, 3.05) is 13.2 Å². The van der Waals surface area contributed by atoms with E-state index >= 15 is 0 Å². The minimum absolute atomic E-state index is 0.0386. The van der Waals surface area contributed by atoms with Crippen LogP contribution in [0.15, 0.2) is 11.4 Å². The van der Waals surface area contributed by atoms with Gasteiger partial charge in [0, 0.05) is 19.4 Å². The van der Waals surface area contributed by atoms with Crippen molar-refractivity contribution in [1.29, 1.82) is 0 Å². The monoisotopic (exact) mass is 369 g/mol. The topological polar surface area (TPSA) is 105 Å². The number of hydrazine groups is 1. The molecule has 9 nitrogen and oxygen atoms in total. The van der Waals surface area contributed by atoms with E-state index in [-0.39, 0.29) is 24.6 Å². The lowest BCUT2D eigenvalue weighted by Crippen LogP contribution is -2.53. The zero-order valence-electron chi connectivity index (χ0n) is 16.3. The summed E-state index contributed by atoms with van der Waals surface area (Å²) in [5, 5.41) is 4.94. The van der Waals surface area contributed by atoms with E-state index in [0.717, 1.165) is 10.0 Å². The molecule has 0 fully saturated rings. The first-order valence-electron chi connectivity index (χ1n) is 8.42. The van der Waals surface area contributed by atoms with Crippen molar-refractivity contribution >= 4 is 23.8 Å². The van der Waals surface area contributed by atoms with Crippen LogP contribution in [0.4, 0.5) is 0 Å². The van der Waals surface area contributed by atoms with E-state index in [0.29, 0.717) is 0 Å². The fourth-order valence-corrected chi connectivity index (χ4v) is 2.55. The minimum Gasteiger partial charge on any atom is -0.464 e. The Hall–Kier alpha value is -2.58. The molecule has 1 heterocycles. The SMILES string of the molecule is CCOC(=O)C1=C(NC(C)(C)C)N(C(C)=O)N(C(C)=O)C1C(=O)OCC. The molecule has 0 radical (unpaired) electrons. The van der Waals surface area contributed by atoms with Crippen molar-refractivity contribution in [1.82, 2.24) is 15.3 Å². The summed E-state index contributed by atoms with van der Waals surface area (Å²) in [7, 11) is 0. The van der Waals surface area contributed by atoms with Gasteiger partial charge in [0.1, 0.15) is 11.4 Å². The molecular formula is C17H27N3O6. The van der Waals surface area contributed by atoms with E-state index in [1.54, 1.807) is 13.8 Å². The normalized spacial score (nSPS) is 17.3. The molecular weight excluding hydrogens is 342 g/mol. The Morgan fingerprint density at radius 2 is 1.54 bits per heavy atom. The molecule has 1 atom stereocenters. The molecule has 0 aliphatic carbocycles. The van der Waals surface area contributed by atoms with Gasteiger partial charge in [0.2, 0.25) is 11.8 Å². The molecule has 26 heavy (non-hydrogen) atoms. The second kappa shape index (κ2) is 8.20. The lowest BCUT2D eigenvalue weighted by atomic mass is 10.1. The predicted molar refractivity (Wildman–Crippen MR) is 92.0 cm³/mol. The van der Waals surface area contributed by atoms with Gasteiger partial charge in [-0.2, -0.15) is 0 Å². The Morgan fingerprint density at radius 3 is 1.92 bits per heavy atom. The number of esters is 2. The zero-order valence-corrected chi connectivity index (χ0v) is 16.3. The van der Waals surface area contributed by atoms with Crippen LogP contribution in [0.25, 0.3) is 0 Å². The molecule has 1 N–H and O–H groups in total. The fourth-order valence-electron chi connectivity index (χ4n) is 2.55. The standard InChI is InChI=1S/C17H27N3O6/c1-8-25-15(23)12-13(16(24)26-9-2)19(10(3)21)20(11(4)22)14(12)18-17(5,6)7/h13,18H,8-9H2,1-7H3. The van der Waals surface area contributed by atoms with Crippen LogP contribution in [-0.2, 0) is 28.7 Å². The number of nitrogens with zero attached hydrogens (tertiary/aromatic N) is 2. The first-order chi connectivity index (χ1) is 12.0. The smallest absolute Gasteiger partial charge is 0.340 e. The van der Waals surface area contributed by atoms with Gasteiger partial charge < -0.3 is 14.8 Å². The Morgan fingerprint density at radius 1 is 1.00 bits per heavy atom. The molecule has 2 amide bonds. The predicted octanol–water partition coefficient (Wildman–Crippen LogP) is 0.707. The highest BCUT2D eigenvalue weighted by molar-refractivity contribution is 6.03. The maximum atomic E-state index is 12.6. The van der Waals surface area contributed by atoms with Crippen molar-refractivity contribution in [3.8, 4) is 0 Å². The van der Waals surface area contributed by atoms with Gasteiger partial charge in [-0.25, -0.2) is 19.6 Å². The van der Waals surface area contributed by atoms with Crippen LogP contribution >= 0.6 is 0 Å². The number of nitrogens with one attached hydrogen (secondary N) is 1. The number of carbonyl (C=O) groups excluding carboxylic acids is 4. The maximum absolute atomic E-state index is 12.6. The van der Waals surface area contributed by atoms with Gasteiger partial charge in [-0.1, -0.05) is 0 Å². The van der Waals surface area contributed by atoms with Crippen molar-refractivity contribution < 1.29 is 28.7 Å². The summed E-state index contributed by atoms with van der Waals surface area (Å²) in [4.78, 5) is 49.6. The average Bonchev–Trinajstić information content (AvgIpc) is 2.81. The average molecular weight is 369 g/mol. The summed E-state index contributed by atoms with van der Waals surface area (Å²) in [5.41, 5.74) is -0.696. The van der Waals surface area contributed by atoms with Crippen LogP contribution in [0.2, 0.25) is 0 Å². The number of carbonyl (C=O) groups is 4. The molecule has 1 unspecified atom stereocenters. The van der Waals surface area contributed by atoms with Gasteiger partial charge in [-0.3, -0.25) is 9.59 Å². The van der Waals surface area contributed by atoms with Crippen molar-refractivity contribution in [3.05, 3.63) is 11.4 Å². The highest BCUT2D eigenvalue weighted by Gasteiger charge is 2.51. The van der Waals surface area contributed by atoms with Crippen LogP contribution in [-0.4, -0.2) is 58.6 Å². The second-order valence-corrected chi connectivity index (χ2v) is 6.71. The highest BCUT2D eigenvalue weighted by Crippen LogP contribution is 2.31. The number of ether oxygens (including phenoxy) is 2. The van der Waals surface area contributed by atoms with Crippen LogP contribution in [0, 0.1) is 0 Å². The quantitative estimate of drug-likeness (QED) is 0.711. The van der Waals surface area contributed by atoms with Crippen LogP contribution in [0.1, 0.15) is 48.5 Å². The summed E-state index contributed by atoms with van der Waals surface area (Å²) < 4.78 is 10.1. The summed E-state index contributed by atoms with van der Waals surface area (Å²) in [5.74, 6) is -2.71. The summed E-state index contributed by atoms with van der Waals surface area (Å²) >= 11 is 0. The van der Waals surface area contributed by atoms with E-state index in [1.807, 2.05) is 20.8 Å². The number of amides is 2.